The van der Waals surface area contributed by atoms with Gasteiger partial charge >= 0.3 is 5.97 Å². The average molecular weight is 563 g/mol. The monoisotopic (exact) mass is 562 g/mol. The molecular formula is C33H35FO7. The molecule has 3 aliphatic rings. The third-order valence-electron chi connectivity index (χ3n) is 8.49. The SMILES string of the molecule is Cc1cc(OCCC(C)(C)O)cc(C)c1Oc1ccc(F)c2c1CC[C@H]2Oc1ccc2c(c1)OCC21CC1C(=O)O. The second-order valence-corrected chi connectivity index (χ2v) is 12.2. The zero-order valence-corrected chi connectivity index (χ0v) is 23.8. The minimum Gasteiger partial charge on any atom is -0.493 e. The molecule has 1 aliphatic heterocycles. The van der Waals surface area contributed by atoms with Crippen LogP contribution >= 0.6 is 0 Å². The van der Waals surface area contributed by atoms with E-state index >= 15 is 4.39 Å². The third kappa shape index (κ3) is 5.10. The normalized spacial score (nSPS) is 22.2. The van der Waals surface area contributed by atoms with Gasteiger partial charge in [-0.1, -0.05) is 6.07 Å². The van der Waals surface area contributed by atoms with E-state index in [1.54, 1.807) is 26.0 Å². The predicted molar refractivity (Wildman–Crippen MR) is 150 cm³/mol. The summed E-state index contributed by atoms with van der Waals surface area (Å²) in [6.07, 6.45) is 1.81. The molecule has 2 N–H and O–H groups in total. The van der Waals surface area contributed by atoms with Crippen molar-refractivity contribution in [1.29, 1.82) is 0 Å². The lowest BCUT2D eigenvalue weighted by Gasteiger charge is -2.19. The Balaban J connectivity index is 1.19. The highest BCUT2D eigenvalue weighted by molar-refractivity contribution is 5.78. The number of hydrogen-bond acceptors (Lipinski definition) is 6. The topological polar surface area (TPSA) is 94.5 Å². The molecule has 2 aliphatic carbocycles. The van der Waals surface area contributed by atoms with E-state index < -0.39 is 29.0 Å². The van der Waals surface area contributed by atoms with Crippen LogP contribution in [-0.2, 0) is 16.6 Å². The number of fused-ring (bicyclic) bond motifs is 3. The zero-order chi connectivity index (χ0) is 29.1. The van der Waals surface area contributed by atoms with E-state index in [2.05, 4.69) is 0 Å². The molecule has 3 atom stereocenters. The molecule has 1 fully saturated rings. The molecular weight excluding hydrogens is 527 g/mol. The Bertz CT molecular complexity index is 1500. The number of halogens is 1. The summed E-state index contributed by atoms with van der Waals surface area (Å²) < 4.78 is 39.5. The van der Waals surface area contributed by atoms with Crippen molar-refractivity contribution >= 4 is 5.97 Å². The van der Waals surface area contributed by atoms with Gasteiger partial charge in [-0.2, -0.15) is 0 Å². The van der Waals surface area contributed by atoms with Gasteiger partial charge in [0.15, 0.2) is 0 Å². The van der Waals surface area contributed by atoms with Crippen molar-refractivity contribution in [3.63, 3.8) is 0 Å². The fourth-order valence-electron chi connectivity index (χ4n) is 6.18. The van der Waals surface area contributed by atoms with Crippen LogP contribution in [-0.4, -0.2) is 35.0 Å². The van der Waals surface area contributed by atoms with Crippen LogP contribution < -0.4 is 18.9 Å². The Morgan fingerprint density at radius 2 is 1.88 bits per heavy atom. The molecule has 1 heterocycles. The number of rotatable bonds is 9. The third-order valence-corrected chi connectivity index (χ3v) is 8.49. The summed E-state index contributed by atoms with van der Waals surface area (Å²) in [6.45, 7) is 8.15. The fourth-order valence-corrected chi connectivity index (χ4v) is 6.18. The molecule has 0 radical (unpaired) electrons. The Morgan fingerprint density at radius 1 is 1.12 bits per heavy atom. The Labute approximate surface area is 238 Å². The zero-order valence-electron chi connectivity index (χ0n) is 23.8. The van der Waals surface area contributed by atoms with E-state index in [4.69, 9.17) is 18.9 Å². The number of aliphatic hydroxyl groups is 1. The van der Waals surface area contributed by atoms with E-state index in [0.29, 0.717) is 73.2 Å². The second-order valence-electron chi connectivity index (χ2n) is 12.2. The van der Waals surface area contributed by atoms with Gasteiger partial charge in [0.1, 0.15) is 40.7 Å². The Morgan fingerprint density at radius 3 is 2.56 bits per heavy atom. The number of aliphatic carboxylic acids is 1. The van der Waals surface area contributed by atoms with Gasteiger partial charge in [0.25, 0.3) is 0 Å². The van der Waals surface area contributed by atoms with Gasteiger partial charge in [0.2, 0.25) is 0 Å². The van der Waals surface area contributed by atoms with Gasteiger partial charge in [-0.3, -0.25) is 4.79 Å². The molecule has 41 heavy (non-hydrogen) atoms. The van der Waals surface area contributed by atoms with Crippen molar-refractivity contribution in [2.75, 3.05) is 13.2 Å². The minimum atomic E-state index is -0.797. The van der Waals surface area contributed by atoms with Gasteiger partial charge < -0.3 is 29.2 Å². The van der Waals surface area contributed by atoms with E-state index in [0.717, 1.165) is 22.3 Å². The number of aryl methyl sites for hydroxylation is 2. The van der Waals surface area contributed by atoms with Crippen molar-refractivity contribution in [3.8, 4) is 28.7 Å². The van der Waals surface area contributed by atoms with E-state index in [9.17, 15) is 15.0 Å². The van der Waals surface area contributed by atoms with Crippen LogP contribution in [0, 0.1) is 25.6 Å². The summed E-state index contributed by atoms with van der Waals surface area (Å²) in [4.78, 5) is 11.5. The smallest absolute Gasteiger partial charge is 0.307 e. The first-order chi connectivity index (χ1) is 19.4. The van der Waals surface area contributed by atoms with Crippen molar-refractivity contribution in [1.82, 2.24) is 0 Å². The lowest BCUT2D eigenvalue weighted by atomic mass is 9.95. The molecule has 7 nitrogen and oxygen atoms in total. The number of benzene rings is 3. The molecule has 0 bridgehead atoms. The molecule has 8 heteroatoms. The van der Waals surface area contributed by atoms with Crippen molar-refractivity contribution in [2.45, 2.75) is 70.5 Å². The van der Waals surface area contributed by atoms with Crippen molar-refractivity contribution in [2.24, 2.45) is 5.92 Å². The first-order valence-electron chi connectivity index (χ1n) is 14.1. The highest BCUT2D eigenvalue weighted by Gasteiger charge is 2.63. The summed E-state index contributed by atoms with van der Waals surface area (Å²) in [6, 6.07) is 12.4. The van der Waals surface area contributed by atoms with Gasteiger partial charge in [-0.15, -0.1) is 0 Å². The first-order valence-corrected chi connectivity index (χ1v) is 14.1. The van der Waals surface area contributed by atoms with Crippen LogP contribution in [0.4, 0.5) is 4.39 Å². The van der Waals surface area contributed by atoms with Gasteiger partial charge in [-0.05, 0) is 88.4 Å². The molecule has 0 aromatic heterocycles. The van der Waals surface area contributed by atoms with Crippen LogP contribution in [0.25, 0.3) is 0 Å². The molecule has 2 unspecified atom stereocenters. The fraction of sp³-hybridized carbons (Fsp3) is 0.424. The largest absolute Gasteiger partial charge is 0.493 e. The number of hydrogen-bond donors (Lipinski definition) is 2. The number of carbonyl (C=O) groups is 1. The predicted octanol–water partition coefficient (Wildman–Crippen LogP) is 6.58. The van der Waals surface area contributed by atoms with Crippen molar-refractivity contribution in [3.05, 3.63) is 76.1 Å². The molecule has 1 saturated carbocycles. The van der Waals surface area contributed by atoms with Gasteiger partial charge in [-0.25, -0.2) is 4.39 Å². The second kappa shape index (κ2) is 9.94. The summed E-state index contributed by atoms with van der Waals surface area (Å²) in [5, 5.41) is 19.4. The lowest BCUT2D eigenvalue weighted by molar-refractivity contribution is -0.139. The first kappa shape index (κ1) is 27.4. The van der Waals surface area contributed by atoms with E-state index in [1.807, 2.05) is 38.1 Å². The highest BCUT2D eigenvalue weighted by Crippen LogP contribution is 2.60. The molecule has 0 saturated heterocycles. The number of carboxylic acids is 1. The van der Waals surface area contributed by atoms with Crippen LogP contribution in [0.3, 0.4) is 0 Å². The maximum atomic E-state index is 15.2. The Hall–Kier alpha value is -3.78. The number of carboxylic acid groups (broad SMARTS) is 1. The maximum absolute atomic E-state index is 15.2. The van der Waals surface area contributed by atoms with Gasteiger partial charge in [0.05, 0.1) is 24.7 Å². The summed E-state index contributed by atoms with van der Waals surface area (Å²) in [5.74, 6) is 1.65. The minimum absolute atomic E-state index is 0.336. The Kier molecular flexibility index (Phi) is 6.64. The molecule has 6 rings (SSSR count). The summed E-state index contributed by atoms with van der Waals surface area (Å²) >= 11 is 0. The van der Waals surface area contributed by atoms with E-state index in [-0.39, 0.29) is 5.82 Å². The van der Waals surface area contributed by atoms with Crippen molar-refractivity contribution < 1.29 is 38.3 Å². The molecule has 3 aromatic rings. The van der Waals surface area contributed by atoms with Gasteiger partial charge in [0, 0.05) is 34.6 Å². The summed E-state index contributed by atoms with van der Waals surface area (Å²) in [5.41, 5.74) is 2.75. The molecule has 1 spiro atoms. The molecule has 3 aromatic carbocycles. The maximum Gasteiger partial charge on any atom is 0.307 e. The molecule has 216 valence electrons. The van der Waals surface area contributed by atoms with Crippen LogP contribution in [0.15, 0.2) is 42.5 Å². The average Bonchev–Trinajstić information content (AvgIpc) is 3.31. The standard InChI is InChI=1S/C33H35FO7/c1-18-13-21(38-12-11-32(3,4)37)14-19(2)30(18)41-26-10-8-25(34)29-22(26)6-9-27(29)40-20-5-7-23-28(15-20)39-17-33(23)16-24(33)31(35)36/h5,7-8,10,13-15,24,27,37H,6,9,11-12,16-17H2,1-4H3,(H,35,36)/t24?,27-,33?/m1/s1. The quantitative estimate of drug-likeness (QED) is 0.304. The summed E-state index contributed by atoms with van der Waals surface area (Å²) in [7, 11) is 0. The van der Waals surface area contributed by atoms with Crippen LogP contribution in [0.1, 0.15) is 67.0 Å². The van der Waals surface area contributed by atoms with Crippen LogP contribution in [0.2, 0.25) is 0 Å². The van der Waals surface area contributed by atoms with Crippen LogP contribution in [0.5, 0.6) is 28.7 Å². The van der Waals surface area contributed by atoms with E-state index in [1.165, 1.54) is 6.07 Å². The lowest BCUT2D eigenvalue weighted by Crippen LogP contribution is -2.21. The molecule has 0 amide bonds. The highest BCUT2D eigenvalue weighted by atomic mass is 19.1. The number of ether oxygens (including phenoxy) is 4.